The third-order valence-corrected chi connectivity index (χ3v) is 8.35. The first-order chi connectivity index (χ1) is 16.3. The second-order valence-corrected chi connectivity index (χ2v) is 12.2. The number of rotatable bonds is 6. The highest BCUT2D eigenvalue weighted by Gasteiger charge is 2.51. The summed E-state index contributed by atoms with van der Waals surface area (Å²) in [5, 5.41) is 6.07. The fourth-order valence-electron chi connectivity index (χ4n) is 5.48. The van der Waals surface area contributed by atoms with E-state index in [9.17, 15) is 13.2 Å². The van der Waals surface area contributed by atoms with E-state index >= 15 is 0 Å². The Morgan fingerprint density at radius 3 is 2.71 bits per heavy atom. The van der Waals surface area contributed by atoms with Crippen molar-refractivity contribution in [1.29, 1.82) is 0 Å². The van der Waals surface area contributed by atoms with Crippen molar-refractivity contribution in [2.24, 2.45) is 0 Å². The molecule has 1 aromatic heterocycles. The summed E-state index contributed by atoms with van der Waals surface area (Å²) in [6, 6.07) is 12.0. The van der Waals surface area contributed by atoms with Gasteiger partial charge in [-0.05, 0) is 90.5 Å². The zero-order valence-corrected chi connectivity index (χ0v) is 20.8. The molecule has 0 saturated carbocycles. The zero-order valence-electron chi connectivity index (χ0n) is 19.2. The van der Waals surface area contributed by atoms with Gasteiger partial charge < -0.3 is 10.2 Å². The molecule has 8 heteroatoms. The van der Waals surface area contributed by atoms with Gasteiger partial charge >= 0.3 is 0 Å². The second kappa shape index (κ2) is 8.95. The van der Waals surface area contributed by atoms with Gasteiger partial charge in [0.15, 0.2) is 0 Å². The molecular formula is C26H28ClN3O3S. The maximum atomic E-state index is 13.8. The number of hydrogen-bond donors (Lipinski definition) is 1. The second-order valence-electron chi connectivity index (χ2n) is 9.47. The van der Waals surface area contributed by atoms with Crippen molar-refractivity contribution in [1.82, 2.24) is 10.3 Å². The minimum absolute atomic E-state index is 0.141. The van der Waals surface area contributed by atoms with Gasteiger partial charge in [0.05, 0.1) is 29.6 Å². The molecule has 2 aliphatic heterocycles. The Morgan fingerprint density at radius 2 is 1.94 bits per heavy atom. The third-order valence-electron chi connectivity index (χ3n) is 7.08. The van der Waals surface area contributed by atoms with Crippen LogP contribution in [0.2, 0.25) is 5.02 Å². The van der Waals surface area contributed by atoms with Gasteiger partial charge in [-0.25, -0.2) is 8.42 Å². The summed E-state index contributed by atoms with van der Waals surface area (Å²) >= 11 is 6.29. The number of benzene rings is 2. The molecule has 1 N–H and O–H groups in total. The lowest BCUT2D eigenvalue weighted by Crippen LogP contribution is -2.47. The minimum Gasteiger partial charge on any atom is -0.317 e. The molecule has 1 spiro atoms. The predicted molar refractivity (Wildman–Crippen MR) is 136 cm³/mol. The molecule has 5 rings (SSSR count). The molecule has 0 atom stereocenters. The van der Waals surface area contributed by atoms with Crippen LogP contribution in [0.1, 0.15) is 36.0 Å². The van der Waals surface area contributed by atoms with Crippen LogP contribution in [0.3, 0.4) is 0 Å². The molecular weight excluding hydrogens is 470 g/mol. The number of nitrogens with zero attached hydrogens (tertiary/aromatic N) is 2. The van der Waals surface area contributed by atoms with Crippen LogP contribution in [-0.4, -0.2) is 44.4 Å². The topological polar surface area (TPSA) is 79.4 Å². The normalized spacial score (nSPS) is 17.5. The predicted octanol–water partition coefficient (Wildman–Crippen LogP) is 4.03. The van der Waals surface area contributed by atoms with Crippen LogP contribution in [0.4, 0.5) is 5.69 Å². The van der Waals surface area contributed by atoms with Gasteiger partial charge in [0.25, 0.3) is 0 Å². The number of amides is 1. The van der Waals surface area contributed by atoms with Crippen LogP contribution in [0.25, 0.3) is 10.8 Å². The summed E-state index contributed by atoms with van der Waals surface area (Å²) < 4.78 is 23.3. The highest BCUT2D eigenvalue weighted by molar-refractivity contribution is 7.90. The van der Waals surface area contributed by atoms with Crippen molar-refractivity contribution < 1.29 is 13.2 Å². The molecule has 0 unspecified atom stereocenters. The van der Waals surface area contributed by atoms with Crippen LogP contribution in [0, 0.1) is 0 Å². The van der Waals surface area contributed by atoms with Crippen molar-refractivity contribution in [2.75, 3.05) is 30.0 Å². The molecule has 178 valence electrons. The number of piperidine rings is 1. The van der Waals surface area contributed by atoms with Crippen molar-refractivity contribution >= 4 is 43.8 Å². The van der Waals surface area contributed by atoms with Crippen molar-refractivity contribution in [3.05, 3.63) is 70.5 Å². The Hall–Kier alpha value is -2.48. The fraction of sp³-hybridized carbons (Fsp3) is 0.385. The SMILES string of the molecule is CS(=O)(=O)CCCc1cc(CN2C(=O)C3(CCNCC3)c3ccncc32)cc2cc(Cl)ccc12. The molecule has 0 aliphatic carbocycles. The first-order valence-electron chi connectivity index (χ1n) is 11.6. The fourth-order valence-corrected chi connectivity index (χ4v) is 6.33. The molecule has 0 bridgehead atoms. The Balaban J connectivity index is 1.51. The Bertz CT molecular complexity index is 1370. The molecule has 2 aromatic carbocycles. The van der Waals surface area contributed by atoms with E-state index in [2.05, 4.69) is 22.4 Å². The number of nitrogens with one attached hydrogen (secondary N) is 1. The number of aryl methyl sites for hydroxylation is 1. The van der Waals surface area contributed by atoms with Gasteiger partial charge in [-0.3, -0.25) is 9.78 Å². The standard InChI is InChI=1S/C26H28ClN3O3S/c1-34(32,33)12-2-3-19-13-18(14-20-15-21(27)4-5-22(19)20)17-30-24-16-29-9-6-23(24)26(25(30)31)7-10-28-11-8-26/h4-6,9,13-16,28H,2-3,7-8,10-12,17H2,1H3. The first-order valence-corrected chi connectivity index (χ1v) is 14.1. The number of carbonyl (C=O) groups is 1. The van der Waals surface area contributed by atoms with Crippen molar-refractivity contribution in [3.8, 4) is 0 Å². The quantitative estimate of drug-likeness (QED) is 0.556. The Labute approximate surface area is 205 Å². The van der Waals surface area contributed by atoms with E-state index in [-0.39, 0.29) is 11.7 Å². The summed E-state index contributed by atoms with van der Waals surface area (Å²) in [5.74, 6) is 0.286. The van der Waals surface area contributed by atoms with E-state index < -0.39 is 15.3 Å². The Kier molecular flexibility index (Phi) is 6.12. The van der Waals surface area contributed by atoms with Crippen LogP contribution < -0.4 is 10.2 Å². The number of fused-ring (bicyclic) bond motifs is 3. The van der Waals surface area contributed by atoms with Crippen LogP contribution in [0.15, 0.2) is 48.8 Å². The van der Waals surface area contributed by atoms with Crippen LogP contribution in [-0.2, 0) is 33.0 Å². The van der Waals surface area contributed by atoms with Crippen molar-refractivity contribution in [2.45, 2.75) is 37.6 Å². The number of hydrogen-bond acceptors (Lipinski definition) is 5. The minimum atomic E-state index is -3.03. The molecule has 1 fully saturated rings. The number of sulfone groups is 1. The van der Waals surface area contributed by atoms with E-state index in [1.165, 1.54) is 6.26 Å². The average molecular weight is 498 g/mol. The molecule has 1 amide bonds. The van der Waals surface area contributed by atoms with E-state index in [0.717, 1.165) is 59.1 Å². The molecule has 3 heterocycles. The molecule has 1 saturated heterocycles. The van der Waals surface area contributed by atoms with E-state index in [1.54, 1.807) is 12.4 Å². The van der Waals surface area contributed by atoms with E-state index in [0.29, 0.717) is 24.4 Å². The first kappa shape index (κ1) is 23.3. The lowest BCUT2D eigenvalue weighted by Gasteiger charge is -2.33. The highest BCUT2D eigenvalue weighted by Crippen LogP contribution is 2.47. The summed E-state index contributed by atoms with van der Waals surface area (Å²) in [6.07, 6.45) is 7.59. The van der Waals surface area contributed by atoms with Crippen LogP contribution >= 0.6 is 11.6 Å². The average Bonchev–Trinajstić information content (AvgIpc) is 3.01. The molecule has 2 aliphatic rings. The number of aromatic nitrogens is 1. The lowest BCUT2D eigenvalue weighted by molar-refractivity contribution is -0.124. The summed E-state index contributed by atoms with van der Waals surface area (Å²) in [7, 11) is -3.03. The van der Waals surface area contributed by atoms with Gasteiger partial charge in [-0.1, -0.05) is 23.7 Å². The zero-order chi connectivity index (χ0) is 23.9. The van der Waals surface area contributed by atoms with Gasteiger partial charge in [0, 0.05) is 17.5 Å². The van der Waals surface area contributed by atoms with Crippen LogP contribution in [0.5, 0.6) is 0 Å². The van der Waals surface area contributed by atoms with Gasteiger partial charge in [-0.2, -0.15) is 0 Å². The monoisotopic (exact) mass is 497 g/mol. The molecule has 3 aromatic rings. The maximum Gasteiger partial charge on any atom is 0.238 e. The van der Waals surface area contributed by atoms with Gasteiger partial charge in [0.2, 0.25) is 5.91 Å². The third kappa shape index (κ3) is 4.32. The van der Waals surface area contributed by atoms with E-state index in [4.69, 9.17) is 11.6 Å². The molecule has 0 radical (unpaired) electrons. The smallest absolute Gasteiger partial charge is 0.238 e. The maximum absolute atomic E-state index is 13.8. The lowest BCUT2D eigenvalue weighted by atomic mass is 9.74. The summed E-state index contributed by atoms with van der Waals surface area (Å²) in [4.78, 5) is 20.0. The number of pyridine rings is 1. The van der Waals surface area contributed by atoms with Crippen molar-refractivity contribution in [3.63, 3.8) is 0 Å². The van der Waals surface area contributed by atoms with E-state index in [1.807, 2.05) is 29.2 Å². The number of anilines is 1. The molecule has 34 heavy (non-hydrogen) atoms. The number of halogens is 1. The highest BCUT2D eigenvalue weighted by atomic mass is 35.5. The summed E-state index contributed by atoms with van der Waals surface area (Å²) in [5.41, 5.74) is 3.55. The molecule has 6 nitrogen and oxygen atoms in total. The number of carbonyl (C=O) groups excluding carboxylic acids is 1. The van der Waals surface area contributed by atoms with Gasteiger partial charge in [0.1, 0.15) is 9.84 Å². The largest absolute Gasteiger partial charge is 0.317 e. The summed E-state index contributed by atoms with van der Waals surface area (Å²) in [6.45, 7) is 2.08. The Morgan fingerprint density at radius 1 is 1.15 bits per heavy atom. The van der Waals surface area contributed by atoms with Gasteiger partial charge in [-0.15, -0.1) is 0 Å².